The van der Waals surface area contributed by atoms with E-state index >= 15 is 0 Å². The molecule has 6 N–H and O–H groups in total. The van der Waals surface area contributed by atoms with Crippen LogP contribution in [0.5, 0.6) is 17.2 Å². The first-order chi connectivity index (χ1) is 19.9. The van der Waals surface area contributed by atoms with E-state index in [1.807, 2.05) is 19.9 Å². The van der Waals surface area contributed by atoms with Crippen molar-refractivity contribution in [3.8, 4) is 28.4 Å². The fourth-order valence-electron chi connectivity index (χ4n) is 4.65. The van der Waals surface area contributed by atoms with Gasteiger partial charge in [-0.25, -0.2) is 0 Å². The SMILES string of the molecule is CC(C)=CCC/C(C)=C/C(=O)c1oc2cc(O[C@@H]3OC(CO)[C@@H](O)C(O)C3O)cc(O)c2c(=O)c1-c1ccc(O)cc1. The van der Waals surface area contributed by atoms with Crippen molar-refractivity contribution in [2.24, 2.45) is 0 Å². The third-order valence-corrected chi connectivity index (χ3v) is 6.90. The molecule has 0 aliphatic carbocycles. The first-order valence-electron chi connectivity index (χ1n) is 13.4. The summed E-state index contributed by atoms with van der Waals surface area (Å²) in [4.78, 5) is 27.2. The van der Waals surface area contributed by atoms with Crippen LogP contribution in [0.1, 0.15) is 44.2 Å². The molecular weight excluding hydrogens is 548 g/mol. The van der Waals surface area contributed by atoms with Crippen LogP contribution in [0.25, 0.3) is 22.1 Å². The molecule has 0 spiro atoms. The molecule has 1 aliphatic rings. The van der Waals surface area contributed by atoms with Gasteiger partial charge < -0.3 is 44.5 Å². The predicted molar refractivity (Wildman–Crippen MR) is 152 cm³/mol. The predicted octanol–water partition coefficient (Wildman–Crippen LogP) is 2.93. The van der Waals surface area contributed by atoms with E-state index in [1.165, 1.54) is 36.4 Å². The van der Waals surface area contributed by atoms with Gasteiger partial charge in [0, 0.05) is 12.1 Å². The monoisotopic (exact) mass is 582 g/mol. The summed E-state index contributed by atoms with van der Waals surface area (Å²) in [5.41, 5.74) is 1.14. The Bertz CT molecular complexity index is 1560. The van der Waals surface area contributed by atoms with Crippen LogP contribution in [0, 0.1) is 0 Å². The molecule has 11 heteroatoms. The van der Waals surface area contributed by atoms with Crippen LogP contribution >= 0.6 is 0 Å². The molecular formula is C31H34O11. The molecule has 1 aliphatic heterocycles. The number of fused-ring (bicyclic) bond motifs is 1. The Labute approximate surface area is 241 Å². The van der Waals surface area contributed by atoms with E-state index in [4.69, 9.17) is 13.9 Å². The number of ether oxygens (including phenoxy) is 2. The first-order valence-corrected chi connectivity index (χ1v) is 13.4. The van der Waals surface area contributed by atoms with Crippen molar-refractivity contribution < 1.29 is 49.3 Å². The van der Waals surface area contributed by atoms with Crippen molar-refractivity contribution in [1.82, 2.24) is 0 Å². The van der Waals surface area contributed by atoms with Gasteiger partial charge in [0.25, 0.3) is 0 Å². The number of aromatic hydroxyl groups is 2. The van der Waals surface area contributed by atoms with E-state index in [2.05, 4.69) is 0 Å². The molecule has 224 valence electrons. The first kappa shape index (κ1) is 30.9. The Morgan fingerprint density at radius 3 is 2.33 bits per heavy atom. The van der Waals surface area contributed by atoms with E-state index in [-0.39, 0.29) is 39.4 Å². The van der Waals surface area contributed by atoms with E-state index in [1.54, 1.807) is 6.92 Å². The lowest BCUT2D eigenvalue weighted by Gasteiger charge is -2.39. The summed E-state index contributed by atoms with van der Waals surface area (Å²) >= 11 is 0. The minimum absolute atomic E-state index is 0.0513. The molecule has 0 bridgehead atoms. The lowest BCUT2D eigenvalue weighted by molar-refractivity contribution is -0.277. The second-order valence-corrected chi connectivity index (χ2v) is 10.5. The number of carbonyl (C=O) groups excluding carboxylic acids is 1. The van der Waals surface area contributed by atoms with Gasteiger partial charge in [0.15, 0.2) is 5.76 Å². The van der Waals surface area contributed by atoms with Crippen molar-refractivity contribution in [2.45, 2.75) is 64.3 Å². The highest BCUT2D eigenvalue weighted by Crippen LogP contribution is 2.35. The number of hydrogen-bond donors (Lipinski definition) is 6. The lowest BCUT2D eigenvalue weighted by Crippen LogP contribution is -2.60. The van der Waals surface area contributed by atoms with Crippen molar-refractivity contribution in [3.05, 3.63) is 75.7 Å². The second-order valence-electron chi connectivity index (χ2n) is 10.5. The van der Waals surface area contributed by atoms with Gasteiger partial charge in [0.05, 0.1) is 12.2 Å². The molecule has 1 aromatic heterocycles. The van der Waals surface area contributed by atoms with E-state index in [0.717, 1.165) is 23.6 Å². The molecule has 2 aromatic carbocycles. The number of phenolic OH excluding ortho intramolecular Hbond substituents is 2. The third kappa shape index (κ3) is 6.56. The van der Waals surface area contributed by atoms with Crippen molar-refractivity contribution in [1.29, 1.82) is 0 Å². The highest BCUT2D eigenvalue weighted by atomic mass is 16.7. The van der Waals surface area contributed by atoms with Crippen molar-refractivity contribution in [3.63, 3.8) is 0 Å². The molecule has 3 aromatic rings. The number of allylic oxidation sites excluding steroid dienone is 4. The molecule has 42 heavy (non-hydrogen) atoms. The molecule has 1 saturated heterocycles. The standard InChI is InChI=1S/C31H34O11/c1-15(2)5-4-6-16(3)11-21(35)30-24(17-7-9-18(33)10-8-17)27(37)25-20(34)12-19(13-22(25)41-30)40-31-29(39)28(38)26(36)23(14-32)42-31/h5,7-13,23,26,28-29,31-34,36,38-39H,4,6,14H2,1-3H3/b16-11+/t23?,26-,28?,29?,31-/m1/s1. The van der Waals surface area contributed by atoms with E-state index in [9.17, 15) is 40.2 Å². The molecule has 1 fully saturated rings. The van der Waals surface area contributed by atoms with Gasteiger partial charge in [-0.15, -0.1) is 0 Å². The van der Waals surface area contributed by atoms with Crippen LogP contribution in [-0.2, 0) is 4.74 Å². The smallest absolute Gasteiger partial charge is 0.229 e. The van der Waals surface area contributed by atoms with Gasteiger partial charge >= 0.3 is 0 Å². The molecule has 3 unspecified atom stereocenters. The number of aliphatic hydroxyl groups excluding tert-OH is 4. The van der Waals surface area contributed by atoms with Gasteiger partial charge in [-0.1, -0.05) is 29.4 Å². The zero-order valence-corrected chi connectivity index (χ0v) is 23.4. The average molecular weight is 583 g/mol. The Morgan fingerprint density at radius 1 is 1.00 bits per heavy atom. The lowest BCUT2D eigenvalue weighted by atomic mass is 9.98. The number of aliphatic hydroxyl groups is 4. The molecule has 11 nitrogen and oxygen atoms in total. The Hall–Kier alpha value is -4.00. The summed E-state index contributed by atoms with van der Waals surface area (Å²) in [7, 11) is 0. The topological polar surface area (TPSA) is 187 Å². The van der Waals surface area contributed by atoms with E-state index in [0.29, 0.717) is 6.42 Å². The largest absolute Gasteiger partial charge is 0.508 e. The van der Waals surface area contributed by atoms with Crippen LogP contribution in [0.2, 0.25) is 0 Å². The van der Waals surface area contributed by atoms with Gasteiger partial charge in [0.1, 0.15) is 52.6 Å². The zero-order valence-electron chi connectivity index (χ0n) is 23.4. The maximum absolute atomic E-state index is 13.7. The van der Waals surface area contributed by atoms with E-state index < -0.39 is 54.3 Å². The van der Waals surface area contributed by atoms with Crippen molar-refractivity contribution >= 4 is 16.8 Å². The molecule has 5 atom stereocenters. The average Bonchev–Trinajstić information content (AvgIpc) is 2.93. The van der Waals surface area contributed by atoms with Crippen LogP contribution in [-0.4, -0.2) is 73.7 Å². The summed E-state index contributed by atoms with van der Waals surface area (Å²) in [6.07, 6.45) is -3.08. The number of ketones is 1. The second kappa shape index (κ2) is 12.9. The number of rotatable bonds is 9. The van der Waals surface area contributed by atoms with Crippen LogP contribution in [0.4, 0.5) is 0 Å². The Kier molecular flexibility index (Phi) is 9.50. The molecule has 0 saturated carbocycles. The summed E-state index contributed by atoms with van der Waals surface area (Å²) < 4.78 is 16.9. The molecule has 0 radical (unpaired) electrons. The fourth-order valence-corrected chi connectivity index (χ4v) is 4.65. The molecule has 4 rings (SSSR count). The normalized spacial score (nSPS) is 22.6. The maximum atomic E-state index is 13.7. The summed E-state index contributed by atoms with van der Waals surface area (Å²) in [6, 6.07) is 7.87. The minimum atomic E-state index is -1.72. The zero-order chi connectivity index (χ0) is 30.7. The number of carbonyl (C=O) groups is 1. The number of benzene rings is 2. The van der Waals surface area contributed by atoms with Crippen LogP contribution < -0.4 is 10.2 Å². The highest BCUT2D eigenvalue weighted by Gasteiger charge is 2.44. The number of phenols is 2. The van der Waals surface area contributed by atoms with Gasteiger partial charge in [-0.3, -0.25) is 9.59 Å². The van der Waals surface area contributed by atoms with Crippen LogP contribution in [0.3, 0.4) is 0 Å². The minimum Gasteiger partial charge on any atom is -0.508 e. The Balaban J connectivity index is 1.80. The van der Waals surface area contributed by atoms with Gasteiger partial charge in [0.2, 0.25) is 17.5 Å². The summed E-state index contributed by atoms with van der Waals surface area (Å²) in [5, 5.41) is 60.2. The van der Waals surface area contributed by atoms with Gasteiger partial charge in [-0.05, 0) is 57.4 Å². The third-order valence-electron chi connectivity index (χ3n) is 6.90. The quantitative estimate of drug-likeness (QED) is 0.124. The summed E-state index contributed by atoms with van der Waals surface area (Å²) in [5.74, 6) is -1.66. The Morgan fingerprint density at radius 2 is 1.69 bits per heavy atom. The van der Waals surface area contributed by atoms with Crippen LogP contribution in [0.15, 0.2) is 68.9 Å². The maximum Gasteiger partial charge on any atom is 0.229 e. The summed E-state index contributed by atoms with van der Waals surface area (Å²) in [6.45, 7) is 5.06. The molecule has 2 heterocycles. The fraction of sp³-hybridized carbons (Fsp3) is 0.355. The highest BCUT2D eigenvalue weighted by molar-refractivity contribution is 6.08. The molecule has 0 amide bonds. The van der Waals surface area contributed by atoms with Crippen molar-refractivity contribution in [2.75, 3.05) is 6.61 Å². The number of hydrogen-bond acceptors (Lipinski definition) is 11. The van der Waals surface area contributed by atoms with Gasteiger partial charge in [-0.2, -0.15) is 0 Å².